The number of aliphatic hydroxyl groups is 1. The van der Waals surface area contributed by atoms with Crippen molar-refractivity contribution in [2.75, 3.05) is 13.2 Å². The van der Waals surface area contributed by atoms with Crippen LogP contribution in [0.3, 0.4) is 0 Å². The Bertz CT molecular complexity index is 273. The van der Waals surface area contributed by atoms with Gasteiger partial charge in [0.1, 0.15) is 0 Å². The van der Waals surface area contributed by atoms with Crippen LogP contribution in [-0.4, -0.2) is 23.9 Å². The number of hydrogen-bond acceptors (Lipinski definition) is 3. The molecule has 14 heavy (non-hydrogen) atoms. The van der Waals surface area contributed by atoms with Crippen molar-refractivity contribution in [1.82, 2.24) is 0 Å². The van der Waals surface area contributed by atoms with E-state index in [1.165, 1.54) is 5.56 Å². The smallest absolute Gasteiger partial charge is 0.0711 e. The molecular formula is C11H16O2S. The summed E-state index contributed by atoms with van der Waals surface area (Å²) in [6, 6.07) is 2.08. The second kappa shape index (κ2) is 4.01. The van der Waals surface area contributed by atoms with Crippen molar-refractivity contribution >= 4 is 11.3 Å². The zero-order valence-electron chi connectivity index (χ0n) is 8.40. The summed E-state index contributed by atoms with van der Waals surface area (Å²) in [4.78, 5) is 0. The SMILES string of the molecule is CC(O)(Cc1ccsc1)C1CCOC1. The van der Waals surface area contributed by atoms with Gasteiger partial charge in [-0.05, 0) is 35.7 Å². The van der Waals surface area contributed by atoms with E-state index in [1.807, 2.05) is 6.92 Å². The Morgan fingerprint density at radius 2 is 2.57 bits per heavy atom. The van der Waals surface area contributed by atoms with Gasteiger partial charge in [0.2, 0.25) is 0 Å². The molecule has 2 atom stereocenters. The molecule has 2 rings (SSSR count). The molecule has 78 valence electrons. The lowest BCUT2D eigenvalue weighted by Crippen LogP contribution is -2.37. The van der Waals surface area contributed by atoms with Gasteiger partial charge in [0, 0.05) is 18.9 Å². The molecule has 0 spiro atoms. The third-order valence-electron chi connectivity index (χ3n) is 2.95. The Kier molecular flexibility index (Phi) is 2.91. The highest BCUT2D eigenvalue weighted by molar-refractivity contribution is 7.07. The molecule has 0 radical (unpaired) electrons. The van der Waals surface area contributed by atoms with E-state index < -0.39 is 5.60 Å². The molecule has 2 nitrogen and oxygen atoms in total. The summed E-state index contributed by atoms with van der Waals surface area (Å²) < 4.78 is 5.31. The van der Waals surface area contributed by atoms with Crippen LogP contribution in [-0.2, 0) is 11.2 Å². The lowest BCUT2D eigenvalue weighted by atomic mass is 9.84. The second-order valence-corrected chi connectivity index (χ2v) is 5.01. The maximum atomic E-state index is 10.3. The van der Waals surface area contributed by atoms with Gasteiger partial charge in [-0.2, -0.15) is 11.3 Å². The first-order chi connectivity index (χ1) is 6.68. The summed E-state index contributed by atoms with van der Waals surface area (Å²) in [6.07, 6.45) is 1.72. The molecule has 0 saturated carbocycles. The topological polar surface area (TPSA) is 29.5 Å². The van der Waals surface area contributed by atoms with Gasteiger partial charge < -0.3 is 9.84 Å². The van der Waals surface area contributed by atoms with Crippen LogP contribution >= 0.6 is 11.3 Å². The first kappa shape index (κ1) is 10.1. The normalized spacial score (nSPS) is 26.3. The van der Waals surface area contributed by atoms with Gasteiger partial charge in [0.05, 0.1) is 12.2 Å². The third kappa shape index (κ3) is 2.16. The Morgan fingerprint density at radius 1 is 1.71 bits per heavy atom. The molecule has 1 aromatic heterocycles. The minimum atomic E-state index is -0.614. The fourth-order valence-corrected chi connectivity index (χ4v) is 2.64. The highest BCUT2D eigenvalue weighted by atomic mass is 32.1. The second-order valence-electron chi connectivity index (χ2n) is 4.23. The summed E-state index contributed by atoms with van der Waals surface area (Å²) in [5.41, 5.74) is 0.615. The van der Waals surface area contributed by atoms with Crippen molar-refractivity contribution in [2.45, 2.75) is 25.4 Å². The maximum absolute atomic E-state index is 10.3. The molecule has 1 saturated heterocycles. The van der Waals surface area contributed by atoms with Crippen molar-refractivity contribution in [2.24, 2.45) is 5.92 Å². The number of hydrogen-bond donors (Lipinski definition) is 1. The van der Waals surface area contributed by atoms with E-state index >= 15 is 0 Å². The lowest BCUT2D eigenvalue weighted by molar-refractivity contribution is -0.00446. The van der Waals surface area contributed by atoms with Gasteiger partial charge in [-0.3, -0.25) is 0 Å². The van der Waals surface area contributed by atoms with E-state index in [0.717, 1.165) is 19.4 Å². The van der Waals surface area contributed by atoms with Gasteiger partial charge in [0.15, 0.2) is 0 Å². The van der Waals surface area contributed by atoms with E-state index in [1.54, 1.807) is 11.3 Å². The van der Waals surface area contributed by atoms with Crippen molar-refractivity contribution in [3.8, 4) is 0 Å². The Balaban J connectivity index is 2.00. The average Bonchev–Trinajstić information content (AvgIpc) is 2.71. The minimum Gasteiger partial charge on any atom is -0.389 e. The van der Waals surface area contributed by atoms with E-state index in [2.05, 4.69) is 16.8 Å². The first-order valence-corrected chi connectivity index (χ1v) is 5.94. The Morgan fingerprint density at radius 3 is 3.14 bits per heavy atom. The zero-order valence-corrected chi connectivity index (χ0v) is 9.22. The predicted octanol–water partition coefficient (Wildman–Crippen LogP) is 2.08. The van der Waals surface area contributed by atoms with E-state index in [9.17, 15) is 5.11 Å². The molecule has 1 aliphatic heterocycles. The highest BCUT2D eigenvalue weighted by Crippen LogP contribution is 2.29. The highest BCUT2D eigenvalue weighted by Gasteiger charge is 2.34. The Hall–Kier alpha value is -0.380. The van der Waals surface area contributed by atoms with Crippen molar-refractivity contribution in [3.63, 3.8) is 0 Å². The summed E-state index contributed by atoms with van der Waals surface area (Å²) in [7, 11) is 0. The fraction of sp³-hybridized carbons (Fsp3) is 0.636. The van der Waals surface area contributed by atoms with Crippen LogP contribution in [0.5, 0.6) is 0 Å². The summed E-state index contributed by atoms with van der Waals surface area (Å²) >= 11 is 1.68. The summed E-state index contributed by atoms with van der Waals surface area (Å²) in [5.74, 6) is 0.294. The van der Waals surface area contributed by atoms with Gasteiger partial charge in [-0.15, -0.1) is 0 Å². The molecule has 1 aromatic rings. The predicted molar refractivity (Wildman–Crippen MR) is 57.6 cm³/mol. The molecule has 1 N–H and O–H groups in total. The van der Waals surface area contributed by atoms with Gasteiger partial charge in [-0.1, -0.05) is 0 Å². The quantitative estimate of drug-likeness (QED) is 0.831. The van der Waals surface area contributed by atoms with Crippen LogP contribution in [0.25, 0.3) is 0 Å². The molecule has 1 fully saturated rings. The standard InChI is InChI=1S/C11H16O2S/c1-11(12,10-2-4-13-7-10)6-9-3-5-14-8-9/h3,5,8,10,12H,2,4,6-7H2,1H3. The Labute approximate surface area is 88.5 Å². The molecule has 0 bridgehead atoms. The molecule has 0 aliphatic carbocycles. The molecule has 2 unspecified atom stereocenters. The number of ether oxygens (including phenoxy) is 1. The van der Waals surface area contributed by atoms with Crippen LogP contribution in [0.15, 0.2) is 16.8 Å². The maximum Gasteiger partial charge on any atom is 0.0711 e. The first-order valence-electron chi connectivity index (χ1n) is 5.00. The molecule has 0 aromatic carbocycles. The van der Waals surface area contributed by atoms with Crippen LogP contribution in [0, 0.1) is 5.92 Å². The van der Waals surface area contributed by atoms with Gasteiger partial charge in [0.25, 0.3) is 0 Å². The molecular weight excluding hydrogens is 196 g/mol. The molecule has 2 heterocycles. The summed E-state index contributed by atoms with van der Waals surface area (Å²) in [5, 5.41) is 14.5. The summed E-state index contributed by atoms with van der Waals surface area (Å²) in [6.45, 7) is 3.42. The van der Waals surface area contributed by atoms with Crippen LogP contribution in [0.2, 0.25) is 0 Å². The van der Waals surface area contributed by atoms with Crippen LogP contribution in [0.4, 0.5) is 0 Å². The largest absolute Gasteiger partial charge is 0.389 e. The van der Waals surface area contributed by atoms with Crippen LogP contribution in [0.1, 0.15) is 18.9 Å². The zero-order chi connectivity index (χ0) is 10.0. The molecule has 1 aliphatic rings. The number of thiophene rings is 1. The number of rotatable bonds is 3. The van der Waals surface area contributed by atoms with Crippen LogP contribution < -0.4 is 0 Å². The van der Waals surface area contributed by atoms with E-state index in [-0.39, 0.29) is 0 Å². The van der Waals surface area contributed by atoms with E-state index in [4.69, 9.17) is 4.74 Å². The molecule has 3 heteroatoms. The van der Waals surface area contributed by atoms with Crippen molar-refractivity contribution < 1.29 is 9.84 Å². The fourth-order valence-electron chi connectivity index (χ4n) is 1.98. The monoisotopic (exact) mass is 212 g/mol. The third-order valence-corrected chi connectivity index (χ3v) is 3.68. The van der Waals surface area contributed by atoms with Gasteiger partial charge in [-0.25, -0.2) is 0 Å². The molecule has 0 amide bonds. The average molecular weight is 212 g/mol. The van der Waals surface area contributed by atoms with Crippen molar-refractivity contribution in [3.05, 3.63) is 22.4 Å². The van der Waals surface area contributed by atoms with Crippen molar-refractivity contribution in [1.29, 1.82) is 0 Å². The lowest BCUT2D eigenvalue weighted by Gasteiger charge is -2.28. The minimum absolute atomic E-state index is 0.294. The van der Waals surface area contributed by atoms with E-state index in [0.29, 0.717) is 12.5 Å². The van der Waals surface area contributed by atoms with Gasteiger partial charge >= 0.3 is 0 Å².